The molecule has 0 spiro atoms. The SMILES string of the molecule is Nc1nc(CCCC2CCN(C(=O)OCCOCc3ccccc3)CC2)nc2c1ncn2[C@@H]1O[C@H](CO)[C@@H](O)[C@H]1O. The fraction of sp³-hybridized carbons (Fsp3) is 0.571. The van der Waals surface area contributed by atoms with E-state index in [1.165, 1.54) is 10.9 Å². The Kier molecular flexibility index (Phi) is 9.62. The summed E-state index contributed by atoms with van der Waals surface area (Å²) in [5, 5.41) is 30.0. The third kappa shape index (κ3) is 6.93. The molecule has 4 heterocycles. The molecule has 0 saturated carbocycles. The Hall–Kier alpha value is -3.36. The van der Waals surface area contributed by atoms with Crippen LogP contribution in [0.2, 0.25) is 0 Å². The van der Waals surface area contributed by atoms with Crippen LogP contribution >= 0.6 is 0 Å². The number of aryl methyl sites for hydroxylation is 1. The van der Waals surface area contributed by atoms with Crippen LogP contribution in [0.4, 0.5) is 10.6 Å². The van der Waals surface area contributed by atoms with E-state index in [9.17, 15) is 20.1 Å². The predicted octanol–water partition coefficient (Wildman–Crippen LogP) is 1.41. The summed E-state index contributed by atoms with van der Waals surface area (Å²) in [5.74, 6) is 1.27. The number of carbonyl (C=O) groups is 1. The summed E-state index contributed by atoms with van der Waals surface area (Å²) in [5.41, 5.74) is 8.01. The van der Waals surface area contributed by atoms with Crippen molar-refractivity contribution >= 4 is 23.1 Å². The maximum absolute atomic E-state index is 12.4. The zero-order valence-electron chi connectivity index (χ0n) is 22.9. The largest absolute Gasteiger partial charge is 0.447 e. The summed E-state index contributed by atoms with van der Waals surface area (Å²) in [6.07, 6.45) is 1.03. The van der Waals surface area contributed by atoms with Gasteiger partial charge in [0.1, 0.15) is 36.3 Å². The van der Waals surface area contributed by atoms with Crippen molar-refractivity contribution in [2.24, 2.45) is 5.92 Å². The number of nitrogen functional groups attached to an aromatic ring is 1. The number of aliphatic hydroxyl groups is 3. The number of aromatic nitrogens is 4. The lowest BCUT2D eigenvalue weighted by atomic mass is 9.91. The standard InChI is InChI=1S/C28H38N6O7/c29-25-22-26(34(17-30-22)27-24(37)23(36)20(15-35)41-27)32-21(31-25)8-4-7-18-9-11-33(12-10-18)28(38)40-14-13-39-16-19-5-2-1-3-6-19/h1-3,5-6,17-18,20,23-24,27,35-37H,4,7-16H2,(H2,29,31,32)/t20-,23-,24-,27-/m1/s1. The number of nitrogens with zero attached hydrogens (tertiary/aromatic N) is 5. The van der Waals surface area contributed by atoms with E-state index in [0.717, 1.165) is 31.2 Å². The van der Waals surface area contributed by atoms with Gasteiger partial charge in [-0.1, -0.05) is 30.3 Å². The Morgan fingerprint density at radius 3 is 2.61 bits per heavy atom. The number of ether oxygens (including phenoxy) is 3. The summed E-state index contributed by atoms with van der Waals surface area (Å²) in [6.45, 7) is 1.98. The van der Waals surface area contributed by atoms with Crippen LogP contribution in [0.15, 0.2) is 36.7 Å². The summed E-state index contributed by atoms with van der Waals surface area (Å²) < 4.78 is 18.1. The van der Waals surface area contributed by atoms with E-state index >= 15 is 0 Å². The topological polar surface area (TPSA) is 178 Å². The van der Waals surface area contributed by atoms with Crippen LogP contribution < -0.4 is 5.73 Å². The molecule has 1 aromatic carbocycles. The fourth-order valence-corrected chi connectivity index (χ4v) is 5.39. The number of carbonyl (C=O) groups excluding carboxylic acids is 1. The first-order valence-corrected chi connectivity index (χ1v) is 14.1. The zero-order valence-corrected chi connectivity index (χ0v) is 22.9. The number of nitrogens with two attached hydrogens (primary N) is 1. The molecule has 222 valence electrons. The summed E-state index contributed by atoms with van der Waals surface area (Å²) in [4.78, 5) is 27.4. The van der Waals surface area contributed by atoms with Gasteiger partial charge in [0, 0.05) is 19.5 Å². The highest BCUT2D eigenvalue weighted by Crippen LogP contribution is 2.32. The normalized spacial score (nSPS) is 23.3. The van der Waals surface area contributed by atoms with Crippen LogP contribution in [0.3, 0.4) is 0 Å². The molecule has 41 heavy (non-hydrogen) atoms. The van der Waals surface area contributed by atoms with E-state index in [0.29, 0.717) is 55.6 Å². The van der Waals surface area contributed by atoms with Gasteiger partial charge in [-0.2, -0.15) is 0 Å². The molecule has 2 fully saturated rings. The Bertz CT molecular complexity index is 1280. The summed E-state index contributed by atoms with van der Waals surface area (Å²) in [6, 6.07) is 9.87. The summed E-state index contributed by atoms with van der Waals surface area (Å²) in [7, 11) is 0. The molecular weight excluding hydrogens is 532 g/mol. The fourth-order valence-electron chi connectivity index (χ4n) is 5.39. The number of anilines is 1. The number of hydrogen-bond donors (Lipinski definition) is 4. The van der Waals surface area contributed by atoms with Crippen molar-refractivity contribution in [3.63, 3.8) is 0 Å². The number of likely N-dealkylation sites (tertiary alicyclic amines) is 1. The average molecular weight is 571 g/mol. The van der Waals surface area contributed by atoms with Crippen molar-refractivity contribution < 1.29 is 34.3 Å². The van der Waals surface area contributed by atoms with E-state index in [2.05, 4.69) is 15.0 Å². The second-order valence-electron chi connectivity index (χ2n) is 10.6. The zero-order chi connectivity index (χ0) is 28.8. The molecule has 5 rings (SSSR count). The summed E-state index contributed by atoms with van der Waals surface area (Å²) >= 11 is 0. The Labute approximate surface area is 237 Å². The maximum atomic E-state index is 12.4. The Morgan fingerprint density at radius 1 is 1.10 bits per heavy atom. The molecule has 2 aromatic heterocycles. The first kappa shape index (κ1) is 29.1. The smallest absolute Gasteiger partial charge is 0.409 e. The number of benzene rings is 1. The molecule has 0 bridgehead atoms. The quantitative estimate of drug-likeness (QED) is 0.245. The van der Waals surface area contributed by atoms with Gasteiger partial charge >= 0.3 is 6.09 Å². The minimum Gasteiger partial charge on any atom is -0.447 e. The minimum atomic E-state index is -1.25. The third-order valence-electron chi connectivity index (χ3n) is 7.74. The minimum absolute atomic E-state index is 0.229. The molecule has 13 nitrogen and oxygen atoms in total. The molecule has 0 unspecified atom stereocenters. The van der Waals surface area contributed by atoms with E-state index < -0.39 is 31.1 Å². The van der Waals surface area contributed by atoms with E-state index in [1.54, 1.807) is 4.90 Å². The molecule has 2 aliphatic rings. The maximum Gasteiger partial charge on any atom is 0.409 e. The first-order valence-electron chi connectivity index (χ1n) is 14.1. The molecule has 5 N–H and O–H groups in total. The average Bonchev–Trinajstić information content (AvgIpc) is 3.54. The number of aliphatic hydroxyl groups excluding tert-OH is 3. The first-order chi connectivity index (χ1) is 19.9. The molecular formula is C28H38N6O7. The van der Waals surface area contributed by atoms with Crippen molar-refractivity contribution in [2.45, 2.75) is 63.3 Å². The van der Waals surface area contributed by atoms with Gasteiger partial charge in [0.25, 0.3) is 0 Å². The molecule has 3 aromatic rings. The number of hydrogen-bond acceptors (Lipinski definition) is 11. The Morgan fingerprint density at radius 2 is 1.88 bits per heavy atom. The van der Waals surface area contributed by atoms with Crippen LogP contribution in [-0.2, 0) is 27.2 Å². The predicted molar refractivity (Wildman–Crippen MR) is 147 cm³/mol. The highest BCUT2D eigenvalue weighted by atomic mass is 16.6. The second-order valence-corrected chi connectivity index (χ2v) is 10.6. The number of imidazole rings is 1. The van der Waals surface area contributed by atoms with Crippen LogP contribution in [0.1, 0.15) is 43.3 Å². The number of amides is 1. The van der Waals surface area contributed by atoms with Crippen molar-refractivity contribution in [2.75, 3.05) is 38.6 Å². The van der Waals surface area contributed by atoms with Crippen LogP contribution in [-0.4, -0.2) is 97.1 Å². The van der Waals surface area contributed by atoms with Gasteiger partial charge in [-0.05, 0) is 37.2 Å². The van der Waals surface area contributed by atoms with Crippen LogP contribution in [0.25, 0.3) is 11.2 Å². The third-order valence-corrected chi connectivity index (χ3v) is 7.74. The molecule has 13 heteroatoms. The molecule has 1 amide bonds. The van der Waals surface area contributed by atoms with Crippen molar-refractivity contribution in [1.82, 2.24) is 24.4 Å². The molecule has 4 atom stereocenters. The van der Waals surface area contributed by atoms with Crippen LogP contribution in [0, 0.1) is 5.92 Å². The number of piperidine rings is 1. The van der Waals surface area contributed by atoms with Gasteiger partial charge in [0.2, 0.25) is 0 Å². The second kappa shape index (κ2) is 13.5. The van der Waals surface area contributed by atoms with Gasteiger partial charge in [-0.3, -0.25) is 4.57 Å². The Balaban J connectivity index is 1.05. The molecule has 2 aliphatic heterocycles. The lowest BCUT2D eigenvalue weighted by Gasteiger charge is -2.31. The highest BCUT2D eigenvalue weighted by Gasteiger charge is 2.44. The van der Waals surface area contributed by atoms with Gasteiger partial charge in [0.05, 0.1) is 26.1 Å². The highest BCUT2D eigenvalue weighted by molar-refractivity contribution is 5.81. The van der Waals surface area contributed by atoms with E-state index in [4.69, 9.17) is 19.9 Å². The van der Waals surface area contributed by atoms with Crippen molar-refractivity contribution in [1.29, 1.82) is 0 Å². The lowest BCUT2D eigenvalue weighted by molar-refractivity contribution is -0.0511. The van der Waals surface area contributed by atoms with Crippen LogP contribution in [0.5, 0.6) is 0 Å². The van der Waals surface area contributed by atoms with Gasteiger partial charge in [-0.25, -0.2) is 19.7 Å². The molecule has 0 aliphatic carbocycles. The van der Waals surface area contributed by atoms with Gasteiger partial charge < -0.3 is 40.2 Å². The molecule has 0 radical (unpaired) electrons. The van der Waals surface area contributed by atoms with Crippen molar-refractivity contribution in [3.8, 4) is 0 Å². The van der Waals surface area contributed by atoms with Gasteiger partial charge in [0.15, 0.2) is 17.7 Å². The number of rotatable bonds is 11. The van der Waals surface area contributed by atoms with Gasteiger partial charge in [-0.15, -0.1) is 0 Å². The lowest BCUT2D eigenvalue weighted by Crippen LogP contribution is -2.39. The van der Waals surface area contributed by atoms with Crippen molar-refractivity contribution in [3.05, 3.63) is 48.0 Å². The van der Waals surface area contributed by atoms with E-state index in [-0.39, 0.29) is 18.5 Å². The molecule has 2 saturated heterocycles. The monoisotopic (exact) mass is 570 g/mol. The number of fused-ring (bicyclic) bond motifs is 1. The van der Waals surface area contributed by atoms with E-state index in [1.807, 2.05) is 30.3 Å².